The van der Waals surface area contributed by atoms with Crippen molar-refractivity contribution in [1.82, 2.24) is 4.98 Å². The number of hydrogen-bond donors (Lipinski definition) is 0. The van der Waals surface area contributed by atoms with Gasteiger partial charge in [-0.2, -0.15) is 0 Å². The van der Waals surface area contributed by atoms with E-state index in [1.54, 1.807) is 11.3 Å². The molecule has 0 amide bonds. The molecule has 0 aliphatic rings. The maximum Gasteiger partial charge on any atom is 0.152 e. The Morgan fingerprint density at radius 1 is 0.966 bits per heavy atom. The normalized spacial score (nSPS) is 12.6. The molecule has 0 bridgehead atoms. The van der Waals surface area contributed by atoms with Crippen LogP contribution in [0.1, 0.15) is 25.3 Å². The van der Waals surface area contributed by atoms with Crippen molar-refractivity contribution in [2.75, 3.05) is 0 Å². The van der Waals surface area contributed by atoms with Crippen LogP contribution in [0.4, 0.5) is 0 Å². The average molecular weight is 416 g/mol. The summed E-state index contributed by atoms with van der Waals surface area (Å²) in [7, 11) is -1.47. The highest BCUT2D eigenvalue weighted by Gasteiger charge is 2.24. The highest BCUT2D eigenvalue weighted by molar-refractivity contribution is 7.26. The lowest BCUT2D eigenvalue weighted by Gasteiger charge is -2.13. The van der Waals surface area contributed by atoms with Crippen molar-refractivity contribution >= 4 is 55.9 Å². The molecule has 0 aliphatic heterocycles. The van der Waals surface area contributed by atoms with Crippen LogP contribution in [0.5, 0.6) is 0 Å². The summed E-state index contributed by atoms with van der Waals surface area (Å²) in [4.78, 5) is 4.81. The van der Waals surface area contributed by atoms with Crippen LogP contribution in [0.2, 0.25) is 19.6 Å². The van der Waals surface area contributed by atoms with E-state index >= 15 is 0 Å². The first-order chi connectivity index (χ1) is 13.8. The fourth-order valence-electron chi connectivity index (χ4n) is 4.01. The van der Waals surface area contributed by atoms with Gasteiger partial charge in [-0.05, 0) is 46.5 Å². The second kappa shape index (κ2) is 6.54. The zero-order chi connectivity index (χ0) is 20.3. The van der Waals surface area contributed by atoms with Crippen molar-refractivity contribution in [2.24, 2.45) is 0 Å². The van der Waals surface area contributed by atoms with Gasteiger partial charge in [-0.25, -0.2) is 0 Å². The van der Waals surface area contributed by atoms with Gasteiger partial charge in [0, 0.05) is 17.1 Å². The molecular weight excluding hydrogens is 390 g/mol. The third-order valence-electron chi connectivity index (χ3n) is 5.59. The van der Waals surface area contributed by atoms with Gasteiger partial charge in [0.1, 0.15) is 8.07 Å². The molecule has 4 heteroatoms. The zero-order valence-corrected chi connectivity index (χ0v) is 19.4. The number of furan rings is 1. The Morgan fingerprint density at radius 3 is 2.52 bits per heavy atom. The lowest BCUT2D eigenvalue weighted by molar-refractivity contribution is 0.652. The molecule has 0 fully saturated rings. The van der Waals surface area contributed by atoms with Gasteiger partial charge < -0.3 is 4.42 Å². The van der Waals surface area contributed by atoms with Crippen molar-refractivity contribution in [3.63, 3.8) is 0 Å². The van der Waals surface area contributed by atoms with Gasteiger partial charge in [0.05, 0.1) is 20.5 Å². The van der Waals surface area contributed by atoms with Crippen molar-refractivity contribution < 1.29 is 4.42 Å². The summed E-state index contributed by atoms with van der Waals surface area (Å²) in [6.45, 7) is 11.5. The standard InChI is InChI=1S/C25H25NOSSi/c1-15(2)20-13-17(12-16-8-6-7-9-18(16)20)23-25-19(10-11-26-23)24-21(28-25)14-22(27-24)29(3,4)5/h6-15H,1-5H3. The minimum Gasteiger partial charge on any atom is -0.465 e. The first-order valence-corrected chi connectivity index (χ1v) is 14.5. The van der Waals surface area contributed by atoms with Crippen LogP contribution in [-0.4, -0.2) is 13.1 Å². The first-order valence-electron chi connectivity index (χ1n) is 10.2. The smallest absolute Gasteiger partial charge is 0.152 e. The number of fused-ring (bicyclic) bond motifs is 4. The molecule has 0 unspecified atom stereocenters. The molecule has 0 aliphatic carbocycles. The molecule has 0 saturated carbocycles. The van der Waals surface area contributed by atoms with Crippen LogP contribution in [0, 0.1) is 0 Å². The molecule has 0 atom stereocenters. The van der Waals surface area contributed by atoms with Crippen LogP contribution in [0.25, 0.3) is 42.4 Å². The minimum atomic E-state index is -1.47. The second-order valence-corrected chi connectivity index (χ2v) is 15.2. The summed E-state index contributed by atoms with van der Waals surface area (Å²) in [5.74, 6) is 0.456. The SMILES string of the molecule is CC(C)c1cc(-c2nccc3c2sc2cc([Si](C)(C)C)oc23)cc2ccccc12. The molecule has 0 spiro atoms. The zero-order valence-electron chi connectivity index (χ0n) is 17.5. The Morgan fingerprint density at radius 2 is 1.76 bits per heavy atom. The number of benzene rings is 2. The number of thiophene rings is 1. The maximum absolute atomic E-state index is 6.35. The molecule has 146 valence electrons. The van der Waals surface area contributed by atoms with E-state index in [1.165, 1.54) is 42.1 Å². The van der Waals surface area contributed by atoms with Crippen LogP contribution < -0.4 is 5.38 Å². The summed E-state index contributed by atoms with van der Waals surface area (Å²) in [6.07, 6.45) is 1.92. The molecule has 3 heterocycles. The van der Waals surface area contributed by atoms with Gasteiger partial charge in [-0.15, -0.1) is 11.3 Å². The van der Waals surface area contributed by atoms with Gasteiger partial charge >= 0.3 is 0 Å². The van der Waals surface area contributed by atoms with E-state index in [-0.39, 0.29) is 0 Å². The number of nitrogens with zero attached hydrogens (tertiary/aromatic N) is 1. The molecule has 29 heavy (non-hydrogen) atoms. The highest BCUT2D eigenvalue weighted by atomic mass is 32.1. The number of hydrogen-bond acceptors (Lipinski definition) is 3. The van der Waals surface area contributed by atoms with Gasteiger partial charge in [-0.1, -0.05) is 57.8 Å². The summed E-state index contributed by atoms with van der Waals surface area (Å²) >= 11 is 1.81. The molecule has 2 aromatic carbocycles. The lowest BCUT2D eigenvalue weighted by Crippen LogP contribution is -2.36. The molecule has 0 N–H and O–H groups in total. The molecule has 5 rings (SSSR count). The van der Waals surface area contributed by atoms with Crippen molar-refractivity contribution in [2.45, 2.75) is 39.4 Å². The van der Waals surface area contributed by atoms with Crippen molar-refractivity contribution in [3.05, 3.63) is 60.3 Å². The topological polar surface area (TPSA) is 26.0 Å². The Hall–Kier alpha value is -2.43. The molecule has 2 nitrogen and oxygen atoms in total. The summed E-state index contributed by atoms with van der Waals surface area (Å²) in [6, 6.07) is 17.6. The molecule has 0 radical (unpaired) electrons. The third kappa shape index (κ3) is 3.02. The number of aromatic nitrogens is 1. The largest absolute Gasteiger partial charge is 0.465 e. The average Bonchev–Trinajstić information content (AvgIpc) is 3.25. The van der Waals surface area contributed by atoms with E-state index < -0.39 is 8.07 Å². The van der Waals surface area contributed by atoms with Crippen LogP contribution in [0.3, 0.4) is 0 Å². The van der Waals surface area contributed by atoms with Crippen molar-refractivity contribution in [3.8, 4) is 11.3 Å². The van der Waals surface area contributed by atoms with E-state index in [0.29, 0.717) is 5.92 Å². The van der Waals surface area contributed by atoms with E-state index in [9.17, 15) is 0 Å². The van der Waals surface area contributed by atoms with Gasteiger partial charge in [-0.3, -0.25) is 4.98 Å². The highest BCUT2D eigenvalue weighted by Crippen LogP contribution is 2.40. The van der Waals surface area contributed by atoms with E-state index in [1.807, 2.05) is 6.20 Å². The van der Waals surface area contributed by atoms with E-state index in [2.05, 4.69) is 82.0 Å². The fraction of sp³-hybridized carbons (Fsp3) is 0.240. The number of pyridine rings is 1. The van der Waals surface area contributed by atoms with Gasteiger partial charge in [0.2, 0.25) is 0 Å². The molecular formula is C25H25NOSSi. The van der Waals surface area contributed by atoms with Gasteiger partial charge in [0.15, 0.2) is 5.58 Å². The Labute approximate surface area is 176 Å². The van der Waals surface area contributed by atoms with Crippen molar-refractivity contribution in [1.29, 1.82) is 0 Å². The summed E-state index contributed by atoms with van der Waals surface area (Å²) in [5.41, 5.74) is 4.64. The third-order valence-corrected chi connectivity index (χ3v) is 8.45. The second-order valence-electron chi connectivity index (χ2n) is 9.13. The quantitative estimate of drug-likeness (QED) is 0.285. The molecule has 3 aromatic heterocycles. The number of rotatable bonds is 3. The fourth-order valence-corrected chi connectivity index (χ4v) is 6.27. The van der Waals surface area contributed by atoms with Crippen LogP contribution >= 0.6 is 11.3 Å². The van der Waals surface area contributed by atoms with E-state index in [0.717, 1.165) is 11.3 Å². The first kappa shape index (κ1) is 18.6. The predicted octanol–water partition coefficient (Wildman–Crippen LogP) is 7.53. The van der Waals surface area contributed by atoms with Crippen LogP contribution in [-0.2, 0) is 0 Å². The van der Waals surface area contributed by atoms with E-state index in [4.69, 9.17) is 9.40 Å². The lowest BCUT2D eigenvalue weighted by atomic mass is 9.92. The Kier molecular flexibility index (Phi) is 4.19. The summed E-state index contributed by atoms with van der Waals surface area (Å²) < 4.78 is 8.80. The van der Waals surface area contributed by atoms with Gasteiger partial charge in [0.25, 0.3) is 0 Å². The molecule has 0 saturated heterocycles. The minimum absolute atomic E-state index is 0.456. The monoisotopic (exact) mass is 415 g/mol. The Bertz CT molecular complexity index is 1370. The predicted molar refractivity (Wildman–Crippen MR) is 129 cm³/mol. The molecule has 5 aromatic rings. The Balaban J connectivity index is 1.77. The summed E-state index contributed by atoms with van der Waals surface area (Å²) in [5, 5.41) is 4.96. The maximum atomic E-state index is 6.35. The van der Waals surface area contributed by atoms with Crippen LogP contribution in [0.15, 0.2) is 59.1 Å².